The molecule has 0 radical (unpaired) electrons. The molecule has 0 amide bonds. The van der Waals surface area contributed by atoms with Crippen molar-refractivity contribution in [3.63, 3.8) is 0 Å². The van der Waals surface area contributed by atoms with Crippen molar-refractivity contribution >= 4 is 27.4 Å². The predicted molar refractivity (Wildman–Crippen MR) is 111 cm³/mol. The van der Waals surface area contributed by atoms with E-state index in [-0.39, 0.29) is 0 Å². The van der Waals surface area contributed by atoms with Gasteiger partial charge in [-0.3, -0.25) is 9.67 Å². The van der Waals surface area contributed by atoms with Crippen molar-refractivity contribution in [3.05, 3.63) is 53.2 Å². The normalized spacial score (nSPS) is 16.5. The third-order valence-corrected chi connectivity index (χ3v) is 6.73. The lowest BCUT2D eigenvalue weighted by Crippen LogP contribution is -2.31. The summed E-state index contributed by atoms with van der Waals surface area (Å²) in [6.07, 6.45) is 11.2. The standard InChI is InChI=1S/C21H20N6S/c1-13-11-28-21-19(13)20(23-12-24-21)26-5-4-18-15(9-26)6-14(7-22-18)16-8-25-27(10-16)17-2-3-17/h6-8,10-12,17H,2-5,9H2,1H3. The quantitative estimate of drug-likeness (QED) is 0.527. The highest BCUT2D eigenvalue weighted by Crippen LogP contribution is 2.36. The van der Waals surface area contributed by atoms with Crippen molar-refractivity contribution in [1.29, 1.82) is 0 Å². The first-order valence-corrected chi connectivity index (χ1v) is 10.6. The third-order valence-electron chi connectivity index (χ3n) is 5.73. The van der Waals surface area contributed by atoms with E-state index in [1.807, 2.05) is 12.4 Å². The summed E-state index contributed by atoms with van der Waals surface area (Å²) in [7, 11) is 0. The fourth-order valence-corrected chi connectivity index (χ4v) is 4.91. The number of pyridine rings is 1. The van der Waals surface area contributed by atoms with E-state index in [2.05, 4.69) is 49.2 Å². The van der Waals surface area contributed by atoms with E-state index < -0.39 is 0 Å². The summed E-state index contributed by atoms with van der Waals surface area (Å²) < 4.78 is 2.10. The Labute approximate surface area is 166 Å². The lowest BCUT2D eigenvalue weighted by molar-refractivity contribution is 0.642. The van der Waals surface area contributed by atoms with Gasteiger partial charge >= 0.3 is 0 Å². The molecule has 5 heterocycles. The lowest BCUT2D eigenvalue weighted by Gasteiger charge is -2.30. The van der Waals surface area contributed by atoms with Crippen LogP contribution >= 0.6 is 11.3 Å². The number of anilines is 1. The van der Waals surface area contributed by atoms with Gasteiger partial charge in [-0.15, -0.1) is 11.3 Å². The van der Waals surface area contributed by atoms with Gasteiger partial charge in [0.2, 0.25) is 0 Å². The zero-order valence-electron chi connectivity index (χ0n) is 15.7. The second-order valence-electron chi connectivity index (χ2n) is 7.74. The number of nitrogens with zero attached hydrogens (tertiary/aromatic N) is 6. The van der Waals surface area contributed by atoms with Crippen molar-refractivity contribution in [2.24, 2.45) is 0 Å². The van der Waals surface area contributed by atoms with Crippen molar-refractivity contribution in [2.45, 2.75) is 38.8 Å². The number of thiophene rings is 1. The first kappa shape index (κ1) is 16.2. The van der Waals surface area contributed by atoms with E-state index in [1.165, 1.54) is 35.0 Å². The zero-order valence-corrected chi connectivity index (χ0v) is 16.5. The SMILES string of the molecule is Cc1csc2ncnc(N3CCc4ncc(-c5cnn(C6CC6)c5)cc4C3)c12. The first-order chi connectivity index (χ1) is 13.8. The van der Waals surface area contributed by atoms with Gasteiger partial charge in [-0.2, -0.15) is 5.10 Å². The maximum atomic E-state index is 4.77. The topological polar surface area (TPSA) is 59.7 Å². The average Bonchev–Trinajstić information content (AvgIpc) is 3.34. The van der Waals surface area contributed by atoms with Gasteiger partial charge in [-0.05, 0) is 42.3 Å². The largest absolute Gasteiger partial charge is 0.351 e. The van der Waals surface area contributed by atoms with Crippen LogP contribution in [0.2, 0.25) is 0 Å². The van der Waals surface area contributed by atoms with Crippen LogP contribution in [0.5, 0.6) is 0 Å². The van der Waals surface area contributed by atoms with Gasteiger partial charge in [0.25, 0.3) is 0 Å². The summed E-state index contributed by atoms with van der Waals surface area (Å²) in [5.74, 6) is 1.04. The molecule has 7 heteroatoms. The molecule has 1 aliphatic carbocycles. The Kier molecular flexibility index (Phi) is 3.53. The molecular formula is C21H20N6S. The Hall–Kier alpha value is -2.80. The summed E-state index contributed by atoms with van der Waals surface area (Å²) in [5.41, 5.74) is 6.02. The summed E-state index contributed by atoms with van der Waals surface area (Å²) in [4.78, 5) is 17.3. The highest BCUT2D eigenvalue weighted by atomic mass is 32.1. The van der Waals surface area contributed by atoms with E-state index in [0.29, 0.717) is 6.04 Å². The third kappa shape index (κ3) is 2.61. The lowest BCUT2D eigenvalue weighted by atomic mass is 10.0. The number of aromatic nitrogens is 5. The monoisotopic (exact) mass is 388 g/mol. The van der Waals surface area contributed by atoms with Crippen LogP contribution < -0.4 is 4.90 Å². The highest BCUT2D eigenvalue weighted by molar-refractivity contribution is 7.17. The Balaban J connectivity index is 1.35. The maximum Gasteiger partial charge on any atom is 0.141 e. The molecule has 0 atom stereocenters. The molecule has 0 saturated heterocycles. The number of aryl methyl sites for hydroxylation is 1. The molecule has 0 bridgehead atoms. The van der Waals surface area contributed by atoms with E-state index in [9.17, 15) is 0 Å². The van der Waals surface area contributed by atoms with Crippen LogP contribution in [-0.4, -0.2) is 31.3 Å². The molecule has 28 heavy (non-hydrogen) atoms. The summed E-state index contributed by atoms with van der Waals surface area (Å²) >= 11 is 1.69. The minimum absolute atomic E-state index is 0.601. The minimum atomic E-state index is 0.601. The fraction of sp³-hybridized carbons (Fsp3) is 0.333. The molecular weight excluding hydrogens is 368 g/mol. The van der Waals surface area contributed by atoms with Crippen LogP contribution in [-0.2, 0) is 13.0 Å². The van der Waals surface area contributed by atoms with Gasteiger partial charge in [-0.25, -0.2) is 9.97 Å². The van der Waals surface area contributed by atoms with Crippen LogP contribution in [0.3, 0.4) is 0 Å². The van der Waals surface area contributed by atoms with Crippen LogP contribution in [0.1, 0.15) is 35.7 Å². The molecule has 0 N–H and O–H groups in total. The summed E-state index contributed by atoms with van der Waals surface area (Å²) in [5, 5.41) is 7.88. The van der Waals surface area contributed by atoms with Crippen molar-refractivity contribution < 1.29 is 0 Å². The highest BCUT2D eigenvalue weighted by Gasteiger charge is 2.25. The number of hydrogen-bond acceptors (Lipinski definition) is 6. The molecule has 0 aromatic carbocycles. The van der Waals surface area contributed by atoms with E-state index in [4.69, 9.17) is 4.98 Å². The number of rotatable bonds is 3. The van der Waals surface area contributed by atoms with Gasteiger partial charge in [0.05, 0.1) is 17.6 Å². The second-order valence-corrected chi connectivity index (χ2v) is 8.60. The molecule has 6 nitrogen and oxygen atoms in total. The molecule has 140 valence electrons. The van der Waals surface area contributed by atoms with Crippen molar-refractivity contribution in [2.75, 3.05) is 11.4 Å². The van der Waals surface area contributed by atoms with Crippen LogP contribution in [0.25, 0.3) is 21.3 Å². The van der Waals surface area contributed by atoms with Gasteiger partial charge in [0.15, 0.2) is 0 Å². The smallest absolute Gasteiger partial charge is 0.141 e. The summed E-state index contributed by atoms with van der Waals surface area (Å²) in [6, 6.07) is 2.88. The van der Waals surface area contributed by atoms with Crippen LogP contribution in [0, 0.1) is 6.92 Å². The first-order valence-electron chi connectivity index (χ1n) is 9.72. The van der Waals surface area contributed by atoms with Crippen LogP contribution in [0.4, 0.5) is 5.82 Å². The fourth-order valence-electron chi connectivity index (χ4n) is 4.03. The Morgan fingerprint density at radius 1 is 1.11 bits per heavy atom. The Morgan fingerprint density at radius 2 is 2.04 bits per heavy atom. The molecule has 1 saturated carbocycles. The van der Waals surface area contributed by atoms with E-state index in [0.717, 1.165) is 41.3 Å². The molecule has 4 aromatic rings. The van der Waals surface area contributed by atoms with E-state index >= 15 is 0 Å². The Bertz CT molecular complexity index is 1190. The minimum Gasteiger partial charge on any atom is -0.351 e. The molecule has 2 aliphatic rings. The molecule has 0 spiro atoms. The molecule has 1 aliphatic heterocycles. The van der Waals surface area contributed by atoms with Crippen molar-refractivity contribution in [1.82, 2.24) is 24.7 Å². The number of fused-ring (bicyclic) bond motifs is 2. The van der Waals surface area contributed by atoms with Gasteiger partial charge in [-0.1, -0.05) is 0 Å². The van der Waals surface area contributed by atoms with Gasteiger partial charge in [0.1, 0.15) is 17.0 Å². The van der Waals surface area contributed by atoms with Gasteiger partial charge < -0.3 is 4.90 Å². The maximum absolute atomic E-state index is 4.77. The zero-order chi connectivity index (χ0) is 18.7. The molecule has 0 unspecified atom stereocenters. The Morgan fingerprint density at radius 3 is 2.93 bits per heavy atom. The van der Waals surface area contributed by atoms with Crippen LogP contribution in [0.15, 0.2) is 36.4 Å². The number of hydrogen-bond donors (Lipinski definition) is 0. The molecule has 1 fully saturated rings. The second kappa shape index (κ2) is 6.10. The predicted octanol–water partition coefficient (Wildman–Crippen LogP) is 4.16. The van der Waals surface area contributed by atoms with Crippen molar-refractivity contribution in [3.8, 4) is 11.1 Å². The van der Waals surface area contributed by atoms with Gasteiger partial charge in [0, 0.05) is 48.7 Å². The summed E-state index contributed by atoms with van der Waals surface area (Å²) in [6.45, 7) is 3.90. The van der Waals surface area contributed by atoms with E-state index in [1.54, 1.807) is 17.7 Å². The molecule has 4 aromatic heterocycles. The molecule has 6 rings (SSSR count). The average molecular weight is 389 g/mol.